The summed E-state index contributed by atoms with van der Waals surface area (Å²) in [6.07, 6.45) is 0.439. The molecule has 80 valence electrons. The van der Waals surface area contributed by atoms with Crippen LogP contribution in [0.3, 0.4) is 0 Å². The summed E-state index contributed by atoms with van der Waals surface area (Å²) in [6.45, 7) is 0.704. The number of benzene rings is 1. The standard InChI is InChI=1S/C11H12FNOS/c12-9-3-1-2-8(6-9)10-7-11(14)13-4-5-15-10/h1-3,6,10H,4-5,7H2,(H,13,14). The summed E-state index contributed by atoms with van der Waals surface area (Å²) < 4.78 is 13.0. The van der Waals surface area contributed by atoms with E-state index in [2.05, 4.69) is 5.32 Å². The molecule has 0 aliphatic carbocycles. The van der Waals surface area contributed by atoms with Gasteiger partial charge in [0.25, 0.3) is 0 Å². The van der Waals surface area contributed by atoms with Gasteiger partial charge in [-0.25, -0.2) is 4.39 Å². The molecule has 1 atom stereocenters. The van der Waals surface area contributed by atoms with Crippen LogP contribution < -0.4 is 5.32 Å². The Labute approximate surface area is 92.3 Å². The van der Waals surface area contributed by atoms with Crippen LogP contribution in [0.15, 0.2) is 24.3 Å². The minimum Gasteiger partial charge on any atom is -0.355 e. The highest BCUT2D eigenvalue weighted by atomic mass is 32.2. The fraction of sp³-hybridized carbons (Fsp3) is 0.364. The highest BCUT2D eigenvalue weighted by Crippen LogP contribution is 2.33. The third kappa shape index (κ3) is 2.72. The van der Waals surface area contributed by atoms with Gasteiger partial charge in [0.15, 0.2) is 0 Å². The van der Waals surface area contributed by atoms with Crippen LogP contribution in [-0.2, 0) is 4.79 Å². The molecule has 0 aromatic heterocycles. The van der Waals surface area contributed by atoms with E-state index in [1.807, 2.05) is 6.07 Å². The molecule has 1 aromatic carbocycles. The van der Waals surface area contributed by atoms with Crippen LogP contribution in [0, 0.1) is 5.82 Å². The number of hydrogen-bond donors (Lipinski definition) is 1. The summed E-state index contributed by atoms with van der Waals surface area (Å²) in [5, 5.41) is 2.89. The molecule has 15 heavy (non-hydrogen) atoms. The van der Waals surface area contributed by atoms with E-state index in [0.717, 1.165) is 11.3 Å². The first-order chi connectivity index (χ1) is 7.25. The van der Waals surface area contributed by atoms with Crippen molar-refractivity contribution in [1.29, 1.82) is 0 Å². The lowest BCUT2D eigenvalue weighted by atomic mass is 10.1. The van der Waals surface area contributed by atoms with Gasteiger partial charge in [-0.3, -0.25) is 4.79 Å². The highest BCUT2D eigenvalue weighted by molar-refractivity contribution is 7.99. The van der Waals surface area contributed by atoms with E-state index in [-0.39, 0.29) is 17.0 Å². The first-order valence-electron chi connectivity index (χ1n) is 4.89. The molecule has 1 fully saturated rings. The Bertz CT molecular complexity index is 369. The van der Waals surface area contributed by atoms with Crippen LogP contribution in [0.1, 0.15) is 17.2 Å². The molecule has 1 unspecified atom stereocenters. The SMILES string of the molecule is O=C1CC(c2cccc(F)c2)SCCN1. The molecule has 2 rings (SSSR count). The average molecular weight is 225 g/mol. The van der Waals surface area contributed by atoms with Crippen LogP contribution >= 0.6 is 11.8 Å². The Morgan fingerprint density at radius 3 is 3.13 bits per heavy atom. The minimum absolute atomic E-state index is 0.0502. The number of hydrogen-bond acceptors (Lipinski definition) is 2. The van der Waals surface area contributed by atoms with Crippen molar-refractivity contribution < 1.29 is 9.18 Å². The van der Waals surface area contributed by atoms with Crippen LogP contribution in [0.25, 0.3) is 0 Å². The van der Waals surface area contributed by atoms with E-state index in [0.29, 0.717) is 13.0 Å². The molecule has 1 aromatic rings. The second-order valence-electron chi connectivity index (χ2n) is 3.47. The van der Waals surface area contributed by atoms with Crippen molar-refractivity contribution >= 4 is 17.7 Å². The molecule has 2 nitrogen and oxygen atoms in total. The Morgan fingerprint density at radius 2 is 2.33 bits per heavy atom. The summed E-state index contributed by atoms with van der Waals surface area (Å²) in [6, 6.07) is 6.49. The molecule has 1 amide bonds. The quantitative estimate of drug-likeness (QED) is 0.793. The number of carbonyl (C=O) groups excluding carboxylic acids is 1. The Balaban J connectivity index is 2.18. The Kier molecular flexibility index (Phi) is 3.26. The second kappa shape index (κ2) is 4.66. The zero-order valence-electron chi connectivity index (χ0n) is 8.20. The lowest BCUT2D eigenvalue weighted by molar-refractivity contribution is -0.120. The van der Waals surface area contributed by atoms with Gasteiger partial charge >= 0.3 is 0 Å². The molecule has 0 radical (unpaired) electrons. The predicted octanol–water partition coefficient (Wildman–Crippen LogP) is 2.12. The summed E-state index contributed by atoms with van der Waals surface area (Å²) in [4.78, 5) is 11.3. The van der Waals surface area contributed by atoms with Gasteiger partial charge in [0, 0.05) is 24.0 Å². The molecule has 1 N–H and O–H groups in total. The average Bonchev–Trinajstić information content (AvgIpc) is 2.43. The van der Waals surface area contributed by atoms with Gasteiger partial charge in [0.05, 0.1) is 0 Å². The van der Waals surface area contributed by atoms with E-state index < -0.39 is 0 Å². The van der Waals surface area contributed by atoms with Crippen molar-refractivity contribution in [3.8, 4) is 0 Å². The smallest absolute Gasteiger partial charge is 0.221 e. The zero-order chi connectivity index (χ0) is 10.7. The van der Waals surface area contributed by atoms with Crippen LogP contribution in [0.4, 0.5) is 4.39 Å². The molecule has 0 saturated carbocycles. The number of thioether (sulfide) groups is 1. The lowest BCUT2D eigenvalue weighted by Crippen LogP contribution is -2.23. The summed E-state index contributed by atoms with van der Waals surface area (Å²) >= 11 is 1.70. The van der Waals surface area contributed by atoms with Gasteiger partial charge in [-0.05, 0) is 17.7 Å². The van der Waals surface area contributed by atoms with E-state index in [1.54, 1.807) is 17.8 Å². The molecular weight excluding hydrogens is 213 g/mol. The fourth-order valence-corrected chi connectivity index (χ4v) is 2.72. The maximum absolute atomic E-state index is 13.0. The molecular formula is C11H12FNOS. The minimum atomic E-state index is -0.238. The third-order valence-electron chi connectivity index (χ3n) is 2.33. The maximum Gasteiger partial charge on any atom is 0.221 e. The Morgan fingerprint density at radius 1 is 1.47 bits per heavy atom. The molecule has 1 aliphatic heterocycles. The van der Waals surface area contributed by atoms with E-state index >= 15 is 0 Å². The summed E-state index contributed by atoms with van der Waals surface area (Å²) in [5.41, 5.74) is 0.900. The van der Waals surface area contributed by atoms with Crippen LogP contribution in [0.5, 0.6) is 0 Å². The first-order valence-corrected chi connectivity index (χ1v) is 5.94. The lowest BCUT2D eigenvalue weighted by Gasteiger charge is -2.12. The van der Waals surface area contributed by atoms with Gasteiger partial charge in [0.2, 0.25) is 5.91 Å². The monoisotopic (exact) mass is 225 g/mol. The summed E-state index contributed by atoms with van der Waals surface area (Å²) in [7, 11) is 0. The fourth-order valence-electron chi connectivity index (χ4n) is 1.61. The Hall–Kier alpha value is -1.03. The van der Waals surface area contributed by atoms with Gasteiger partial charge in [-0.2, -0.15) is 11.8 Å². The molecule has 1 aliphatic rings. The van der Waals surface area contributed by atoms with Gasteiger partial charge in [-0.15, -0.1) is 0 Å². The maximum atomic E-state index is 13.0. The molecule has 1 heterocycles. The molecule has 4 heteroatoms. The van der Waals surface area contributed by atoms with Crippen molar-refractivity contribution in [2.45, 2.75) is 11.7 Å². The van der Waals surface area contributed by atoms with E-state index in [9.17, 15) is 9.18 Å². The topological polar surface area (TPSA) is 29.1 Å². The van der Waals surface area contributed by atoms with Crippen molar-refractivity contribution in [3.63, 3.8) is 0 Å². The number of nitrogens with one attached hydrogen (secondary N) is 1. The van der Waals surface area contributed by atoms with Crippen molar-refractivity contribution in [2.75, 3.05) is 12.3 Å². The van der Waals surface area contributed by atoms with Crippen LogP contribution in [0.2, 0.25) is 0 Å². The number of rotatable bonds is 1. The van der Waals surface area contributed by atoms with Crippen molar-refractivity contribution in [3.05, 3.63) is 35.6 Å². The van der Waals surface area contributed by atoms with E-state index in [1.165, 1.54) is 12.1 Å². The largest absolute Gasteiger partial charge is 0.355 e. The highest BCUT2D eigenvalue weighted by Gasteiger charge is 2.19. The van der Waals surface area contributed by atoms with Crippen molar-refractivity contribution in [1.82, 2.24) is 5.32 Å². The number of amides is 1. The van der Waals surface area contributed by atoms with Crippen molar-refractivity contribution in [2.24, 2.45) is 0 Å². The zero-order valence-corrected chi connectivity index (χ0v) is 9.02. The second-order valence-corrected chi connectivity index (χ2v) is 4.78. The predicted molar refractivity (Wildman–Crippen MR) is 59.2 cm³/mol. The normalized spacial score (nSPS) is 21.9. The first kappa shape index (κ1) is 10.5. The van der Waals surface area contributed by atoms with Crippen LogP contribution in [-0.4, -0.2) is 18.2 Å². The molecule has 0 bridgehead atoms. The number of halogens is 1. The molecule has 1 saturated heterocycles. The third-order valence-corrected chi connectivity index (χ3v) is 3.62. The van der Waals surface area contributed by atoms with Gasteiger partial charge < -0.3 is 5.32 Å². The number of carbonyl (C=O) groups is 1. The summed E-state index contributed by atoms with van der Waals surface area (Å²) in [5.74, 6) is 0.694. The molecule has 0 spiro atoms. The van der Waals surface area contributed by atoms with E-state index in [4.69, 9.17) is 0 Å². The van der Waals surface area contributed by atoms with Gasteiger partial charge in [-0.1, -0.05) is 12.1 Å². The van der Waals surface area contributed by atoms with Gasteiger partial charge in [0.1, 0.15) is 5.82 Å².